The minimum atomic E-state index is -0.277. The van der Waals surface area contributed by atoms with Crippen LogP contribution in [0, 0.1) is 5.92 Å². The Kier molecular flexibility index (Phi) is 4.22. The molecule has 1 fully saturated rings. The molecule has 0 bridgehead atoms. The van der Waals surface area contributed by atoms with Gasteiger partial charge in [0.1, 0.15) is 0 Å². The van der Waals surface area contributed by atoms with Crippen molar-refractivity contribution in [3.63, 3.8) is 0 Å². The van der Waals surface area contributed by atoms with Crippen molar-refractivity contribution >= 4 is 29.1 Å². The van der Waals surface area contributed by atoms with E-state index in [1.165, 1.54) is 5.56 Å². The lowest BCUT2D eigenvalue weighted by molar-refractivity contribution is -0.128. The summed E-state index contributed by atoms with van der Waals surface area (Å²) in [7, 11) is 0. The highest BCUT2D eigenvalue weighted by atomic mass is 35.5. The van der Waals surface area contributed by atoms with E-state index >= 15 is 0 Å². The number of fused-ring (bicyclic) bond motifs is 1. The lowest BCUT2D eigenvalue weighted by atomic mass is 10.1. The fourth-order valence-corrected chi connectivity index (χ4v) is 3.91. The van der Waals surface area contributed by atoms with Crippen molar-refractivity contribution in [2.75, 3.05) is 18.0 Å². The number of likely N-dealkylation sites (tertiary alicyclic amines) is 1. The standard InChI is InChI=1S/C20H19ClN2O2/c21-17-7-3-1-6-15(17)12-22-13-16(11-19(22)24)20(25)23-10-9-14-5-2-4-8-18(14)23/h1-8,16H,9-13H2/t16-/m0/s1. The highest BCUT2D eigenvalue weighted by molar-refractivity contribution is 6.31. The molecule has 4 nitrogen and oxygen atoms in total. The third-order valence-corrected chi connectivity index (χ3v) is 5.40. The molecule has 4 rings (SSSR count). The molecule has 2 aliphatic rings. The van der Waals surface area contributed by atoms with Crippen molar-refractivity contribution in [1.29, 1.82) is 0 Å². The molecular formula is C20H19ClN2O2. The van der Waals surface area contributed by atoms with Gasteiger partial charge in [0.25, 0.3) is 0 Å². The lowest BCUT2D eigenvalue weighted by Crippen LogP contribution is -2.36. The minimum absolute atomic E-state index is 0.0192. The number of carbonyl (C=O) groups excluding carboxylic acids is 2. The summed E-state index contributed by atoms with van der Waals surface area (Å²) < 4.78 is 0. The third kappa shape index (κ3) is 3.02. The topological polar surface area (TPSA) is 40.6 Å². The first-order valence-electron chi connectivity index (χ1n) is 8.54. The number of carbonyl (C=O) groups is 2. The summed E-state index contributed by atoms with van der Waals surface area (Å²) in [5, 5.41) is 0.651. The number of nitrogens with zero attached hydrogens (tertiary/aromatic N) is 2. The van der Waals surface area contributed by atoms with Crippen LogP contribution in [0.25, 0.3) is 0 Å². The monoisotopic (exact) mass is 354 g/mol. The van der Waals surface area contributed by atoms with Crippen molar-refractivity contribution in [3.8, 4) is 0 Å². The average Bonchev–Trinajstić information content (AvgIpc) is 3.20. The summed E-state index contributed by atoms with van der Waals surface area (Å²) in [5.41, 5.74) is 3.11. The van der Waals surface area contributed by atoms with Gasteiger partial charge in [-0.1, -0.05) is 48.0 Å². The molecule has 0 aromatic heterocycles. The van der Waals surface area contributed by atoms with Gasteiger partial charge in [0.2, 0.25) is 11.8 Å². The Labute approximate surface area is 152 Å². The van der Waals surface area contributed by atoms with Crippen molar-refractivity contribution < 1.29 is 9.59 Å². The summed E-state index contributed by atoms with van der Waals surface area (Å²) in [6, 6.07) is 15.5. The molecule has 0 N–H and O–H groups in total. The number of halogens is 1. The molecule has 1 saturated heterocycles. The van der Waals surface area contributed by atoms with E-state index in [0.717, 1.165) is 17.7 Å². The van der Waals surface area contributed by atoms with Crippen molar-refractivity contribution in [1.82, 2.24) is 4.90 Å². The first-order valence-corrected chi connectivity index (χ1v) is 8.92. The van der Waals surface area contributed by atoms with Gasteiger partial charge in [-0.3, -0.25) is 9.59 Å². The Morgan fingerprint density at radius 2 is 1.88 bits per heavy atom. The van der Waals surface area contributed by atoms with Gasteiger partial charge in [0, 0.05) is 36.8 Å². The first-order chi connectivity index (χ1) is 12.1. The fourth-order valence-electron chi connectivity index (χ4n) is 3.71. The van der Waals surface area contributed by atoms with E-state index in [1.807, 2.05) is 47.4 Å². The van der Waals surface area contributed by atoms with E-state index in [0.29, 0.717) is 24.7 Å². The normalized spacial score (nSPS) is 19.4. The van der Waals surface area contributed by atoms with Crippen LogP contribution in [0.1, 0.15) is 17.5 Å². The van der Waals surface area contributed by atoms with Crippen molar-refractivity contribution in [3.05, 3.63) is 64.7 Å². The lowest BCUT2D eigenvalue weighted by Gasteiger charge is -2.22. The van der Waals surface area contributed by atoms with Gasteiger partial charge in [0.05, 0.1) is 5.92 Å². The largest absolute Gasteiger partial charge is 0.337 e. The van der Waals surface area contributed by atoms with Crippen LogP contribution in [-0.4, -0.2) is 29.8 Å². The summed E-state index contributed by atoms with van der Waals surface area (Å²) in [5.74, 6) is -0.202. The maximum Gasteiger partial charge on any atom is 0.232 e. The summed E-state index contributed by atoms with van der Waals surface area (Å²) in [6.07, 6.45) is 1.16. The predicted molar refractivity (Wildman–Crippen MR) is 97.5 cm³/mol. The summed E-state index contributed by atoms with van der Waals surface area (Å²) >= 11 is 6.20. The molecule has 2 amide bonds. The molecule has 0 saturated carbocycles. The van der Waals surface area contributed by atoms with Crippen molar-refractivity contribution in [2.24, 2.45) is 5.92 Å². The molecule has 0 radical (unpaired) electrons. The molecule has 2 aliphatic heterocycles. The number of amides is 2. The molecule has 2 aromatic carbocycles. The molecule has 5 heteroatoms. The molecule has 0 unspecified atom stereocenters. The Bertz CT molecular complexity index is 836. The summed E-state index contributed by atoms with van der Waals surface area (Å²) in [6.45, 7) is 1.62. The zero-order valence-electron chi connectivity index (χ0n) is 13.8. The summed E-state index contributed by atoms with van der Waals surface area (Å²) in [4.78, 5) is 28.9. The number of anilines is 1. The highest BCUT2D eigenvalue weighted by Crippen LogP contribution is 2.31. The van der Waals surface area contributed by atoms with Gasteiger partial charge < -0.3 is 9.80 Å². The highest BCUT2D eigenvalue weighted by Gasteiger charge is 2.38. The molecule has 2 aromatic rings. The van der Waals surface area contributed by atoms with Crippen LogP contribution in [0.15, 0.2) is 48.5 Å². The second-order valence-electron chi connectivity index (χ2n) is 6.64. The van der Waals surface area contributed by atoms with Crippen LogP contribution < -0.4 is 4.90 Å². The van der Waals surface area contributed by atoms with Gasteiger partial charge in [0.15, 0.2) is 0 Å². The zero-order chi connectivity index (χ0) is 17.4. The average molecular weight is 355 g/mol. The van der Waals surface area contributed by atoms with Crippen LogP contribution in [0.2, 0.25) is 5.02 Å². The van der Waals surface area contributed by atoms with Gasteiger partial charge in [-0.05, 0) is 29.7 Å². The Balaban J connectivity index is 1.47. The van der Waals surface area contributed by atoms with Crippen LogP contribution >= 0.6 is 11.6 Å². The number of para-hydroxylation sites is 1. The quantitative estimate of drug-likeness (QED) is 0.848. The number of hydrogen-bond donors (Lipinski definition) is 0. The van der Waals surface area contributed by atoms with E-state index in [-0.39, 0.29) is 24.2 Å². The second kappa shape index (κ2) is 6.52. The van der Waals surface area contributed by atoms with E-state index in [2.05, 4.69) is 6.07 Å². The maximum absolute atomic E-state index is 12.9. The smallest absolute Gasteiger partial charge is 0.232 e. The fraction of sp³-hybridized carbons (Fsp3) is 0.300. The molecule has 0 aliphatic carbocycles. The Hall–Kier alpha value is -2.33. The molecule has 1 atom stereocenters. The zero-order valence-corrected chi connectivity index (χ0v) is 14.6. The molecule has 128 valence electrons. The number of rotatable bonds is 3. The van der Waals surface area contributed by atoms with Crippen LogP contribution in [0.4, 0.5) is 5.69 Å². The van der Waals surface area contributed by atoms with Crippen LogP contribution in [0.5, 0.6) is 0 Å². The van der Waals surface area contributed by atoms with Gasteiger partial charge in [-0.2, -0.15) is 0 Å². The van der Waals surface area contributed by atoms with Gasteiger partial charge in [-0.15, -0.1) is 0 Å². The van der Waals surface area contributed by atoms with Gasteiger partial charge in [-0.25, -0.2) is 0 Å². The Morgan fingerprint density at radius 3 is 2.72 bits per heavy atom. The SMILES string of the molecule is O=C1C[C@H](C(=O)N2CCc3ccccc32)CN1Cc1ccccc1Cl. The second-order valence-corrected chi connectivity index (χ2v) is 7.04. The maximum atomic E-state index is 12.9. The molecule has 25 heavy (non-hydrogen) atoms. The van der Waals surface area contributed by atoms with Crippen LogP contribution in [0.3, 0.4) is 0 Å². The third-order valence-electron chi connectivity index (χ3n) is 5.04. The predicted octanol–water partition coefficient (Wildman–Crippen LogP) is 3.28. The van der Waals surface area contributed by atoms with E-state index in [1.54, 1.807) is 4.90 Å². The molecular weight excluding hydrogens is 336 g/mol. The van der Waals surface area contributed by atoms with Crippen LogP contribution in [-0.2, 0) is 22.6 Å². The first kappa shape index (κ1) is 16.2. The Morgan fingerprint density at radius 1 is 1.12 bits per heavy atom. The van der Waals surface area contributed by atoms with Gasteiger partial charge >= 0.3 is 0 Å². The number of hydrogen-bond acceptors (Lipinski definition) is 2. The molecule has 2 heterocycles. The minimum Gasteiger partial charge on any atom is -0.337 e. The van der Waals surface area contributed by atoms with E-state index < -0.39 is 0 Å². The number of benzene rings is 2. The van der Waals surface area contributed by atoms with Crippen molar-refractivity contribution in [2.45, 2.75) is 19.4 Å². The van der Waals surface area contributed by atoms with E-state index in [9.17, 15) is 9.59 Å². The van der Waals surface area contributed by atoms with E-state index in [4.69, 9.17) is 11.6 Å². The molecule has 0 spiro atoms.